The standard InChI is InChI=1S/C14H24N4O/c1-17-13(4-7-16-17)6-10-18-8-2-3-12(5-9-18)11-14(15)19/h4,7,12H,2-3,5-6,8-11H2,1H3,(H2,15,19). The first-order valence-corrected chi connectivity index (χ1v) is 7.12. The fourth-order valence-electron chi connectivity index (χ4n) is 2.86. The van der Waals surface area contributed by atoms with Crippen LogP contribution >= 0.6 is 0 Å². The van der Waals surface area contributed by atoms with Crippen LogP contribution in [0, 0.1) is 5.92 Å². The molecule has 1 saturated heterocycles. The van der Waals surface area contributed by atoms with Crippen molar-refractivity contribution in [2.45, 2.75) is 32.1 Å². The molecule has 0 spiro atoms. The highest BCUT2D eigenvalue weighted by Gasteiger charge is 2.18. The second-order valence-corrected chi connectivity index (χ2v) is 5.51. The number of rotatable bonds is 5. The fraction of sp³-hybridized carbons (Fsp3) is 0.714. The average molecular weight is 264 g/mol. The molecule has 5 heteroatoms. The quantitative estimate of drug-likeness (QED) is 0.861. The Morgan fingerprint density at radius 2 is 2.32 bits per heavy atom. The summed E-state index contributed by atoms with van der Waals surface area (Å²) in [6.45, 7) is 3.28. The molecule has 2 N–H and O–H groups in total. The molecule has 0 aliphatic carbocycles. The summed E-state index contributed by atoms with van der Waals surface area (Å²) in [4.78, 5) is 13.5. The molecular weight excluding hydrogens is 240 g/mol. The molecule has 1 aromatic rings. The largest absolute Gasteiger partial charge is 0.370 e. The van der Waals surface area contributed by atoms with Crippen LogP contribution in [0.2, 0.25) is 0 Å². The topological polar surface area (TPSA) is 64.2 Å². The zero-order valence-electron chi connectivity index (χ0n) is 11.7. The van der Waals surface area contributed by atoms with Crippen molar-refractivity contribution in [3.05, 3.63) is 18.0 Å². The van der Waals surface area contributed by atoms with Gasteiger partial charge in [-0.1, -0.05) is 0 Å². The first kappa shape index (κ1) is 14.1. The number of primary amides is 1. The highest BCUT2D eigenvalue weighted by atomic mass is 16.1. The molecule has 1 atom stereocenters. The summed E-state index contributed by atoms with van der Waals surface area (Å²) in [5.74, 6) is 0.326. The summed E-state index contributed by atoms with van der Waals surface area (Å²) < 4.78 is 1.94. The van der Waals surface area contributed by atoms with E-state index in [1.54, 1.807) is 0 Å². The number of nitrogens with zero attached hydrogens (tertiary/aromatic N) is 3. The molecule has 1 aliphatic heterocycles. The first-order valence-electron chi connectivity index (χ1n) is 7.12. The van der Waals surface area contributed by atoms with Crippen molar-refractivity contribution in [2.75, 3.05) is 19.6 Å². The van der Waals surface area contributed by atoms with E-state index >= 15 is 0 Å². The Bertz CT molecular complexity index is 415. The maximum absolute atomic E-state index is 11.0. The Morgan fingerprint density at radius 3 is 3.00 bits per heavy atom. The van der Waals surface area contributed by atoms with E-state index in [0.717, 1.165) is 38.9 Å². The third kappa shape index (κ3) is 4.35. The van der Waals surface area contributed by atoms with Gasteiger partial charge in [0.15, 0.2) is 0 Å². The maximum atomic E-state index is 11.0. The van der Waals surface area contributed by atoms with E-state index < -0.39 is 0 Å². The third-order valence-electron chi connectivity index (χ3n) is 4.04. The van der Waals surface area contributed by atoms with Crippen molar-refractivity contribution in [1.82, 2.24) is 14.7 Å². The number of carbonyl (C=O) groups is 1. The Hall–Kier alpha value is -1.36. The summed E-state index contributed by atoms with van der Waals surface area (Å²) in [6.07, 6.45) is 6.83. The molecule has 2 heterocycles. The van der Waals surface area contributed by atoms with E-state index in [-0.39, 0.29) is 5.91 Å². The molecule has 1 aliphatic rings. The molecule has 1 unspecified atom stereocenters. The lowest BCUT2D eigenvalue weighted by atomic mass is 9.97. The molecule has 2 rings (SSSR count). The van der Waals surface area contributed by atoms with E-state index in [4.69, 9.17) is 5.73 Å². The highest BCUT2D eigenvalue weighted by Crippen LogP contribution is 2.20. The minimum atomic E-state index is -0.159. The van der Waals surface area contributed by atoms with Crippen LogP contribution in [-0.4, -0.2) is 40.2 Å². The highest BCUT2D eigenvalue weighted by molar-refractivity contribution is 5.73. The smallest absolute Gasteiger partial charge is 0.217 e. The normalized spacial score (nSPS) is 21.2. The lowest BCUT2D eigenvalue weighted by molar-refractivity contribution is -0.119. The van der Waals surface area contributed by atoms with Crippen LogP contribution in [0.15, 0.2) is 12.3 Å². The fourth-order valence-corrected chi connectivity index (χ4v) is 2.86. The predicted molar refractivity (Wildman–Crippen MR) is 74.5 cm³/mol. The van der Waals surface area contributed by atoms with E-state index in [1.165, 1.54) is 12.1 Å². The zero-order valence-corrected chi connectivity index (χ0v) is 11.7. The van der Waals surface area contributed by atoms with E-state index in [1.807, 2.05) is 17.9 Å². The zero-order chi connectivity index (χ0) is 13.7. The molecule has 106 valence electrons. The molecule has 19 heavy (non-hydrogen) atoms. The summed E-state index contributed by atoms with van der Waals surface area (Å²) in [5.41, 5.74) is 6.56. The summed E-state index contributed by atoms with van der Waals surface area (Å²) >= 11 is 0. The van der Waals surface area contributed by atoms with Crippen molar-refractivity contribution in [3.63, 3.8) is 0 Å². The van der Waals surface area contributed by atoms with Crippen LogP contribution in [-0.2, 0) is 18.3 Å². The van der Waals surface area contributed by atoms with Gasteiger partial charge in [0, 0.05) is 38.3 Å². The molecule has 0 aromatic carbocycles. The van der Waals surface area contributed by atoms with Gasteiger partial charge in [-0.25, -0.2) is 0 Å². The minimum Gasteiger partial charge on any atom is -0.370 e. The third-order valence-corrected chi connectivity index (χ3v) is 4.04. The number of likely N-dealkylation sites (tertiary alicyclic amines) is 1. The van der Waals surface area contributed by atoms with Gasteiger partial charge in [0.2, 0.25) is 5.91 Å². The van der Waals surface area contributed by atoms with Crippen molar-refractivity contribution in [1.29, 1.82) is 0 Å². The molecular formula is C14H24N4O. The monoisotopic (exact) mass is 264 g/mol. The Balaban J connectivity index is 1.76. The minimum absolute atomic E-state index is 0.159. The maximum Gasteiger partial charge on any atom is 0.217 e. The average Bonchev–Trinajstić information content (AvgIpc) is 2.63. The van der Waals surface area contributed by atoms with Gasteiger partial charge in [0.1, 0.15) is 0 Å². The van der Waals surface area contributed by atoms with Gasteiger partial charge < -0.3 is 10.6 Å². The lowest BCUT2D eigenvalue weighted by Gasteiger charge is -2.19. The van der Waals surface area contributed by atoms with Crippen LogP contribution in [0.4, 0.5) is 0 Å². The number of hydrogen-bond donors (Lipinski definition) is 1. The lowest BCUT2D eigenvalue weighted by Crippen LogP contribution is -2.28. The number of amides is 1. The number of aryl methyl sites for hydroxylation is 1. The van der Waals surface area contributed by atoms with Crippen LogP contribution in [0.5, 0.6) is 0 Å². The second-order valence-electron chi connectivity index (χ2n) is 5.51. The van der Waals surface area contributed by atoms with Crippen LogP contribution in [0.25, 0.3) is 0 Å². The Morgan fingerprint density at radius 1 is 1.47 bits per heavy atom. The van der Waals surface area contributed by atoms with Crippen molar-refractivity contribution in [3.8, 4) is 0 Å². The Labute approximate surface area is 114 Å². The van der Waals surface area contributed by atoms with Gasteiger partial charge in [-0.2, -0.15) is 5.10 Å². The van der Waals surface area contributed by atoms with Gasteiger partial charge in [0.05, 0.1) is 0 Å². The molecule has 1 fully saturated rings. The molecule has 1 amide bonds. The molecule has 0 bridgehead atoms. The second kappa shape index (κ2) is 6.70. The summed E-state index contributed by atoms with van der Waals surface area (Å²) in [5, 5.41) is 4.19. The van der Waals surface area contributed by atoms with Gasteiger partial charge in [-0.15, -0.1) is 0 Å². The predicted octanol–water partition coefficient (Wildman–Crippen LogP) is 0.940. The molecule has 0 saturated carbocycles. The molecule has 5 nitrogen and oxygen atoms in total. The van der Waals surface area contributed by atoms with E-state index in [0.29, 0.717) is 12.3 Å². The van der Waals surface area contributed by atoms with Gasteiger partial charge in [0.25, 0.3) is 0 Å². The summed E-state index contributed by atoms with van der Waals surface area (Å²) in [7, 11) is 1.99. The van der Waals surface area contributed by atoms with Crippen LogP contribution in [0.3, 0.4) is 0 Å². The first-order chi connectivity index (χ1) is 9.15. The molecule has 1 aromatic heterocycles. The SMILES string of the molecule is Cn1nccc1CCN1CCCC(CC(N)=O)CC1. The van der Waals surface area contributed by atoms with E-state index in [2.05, 4.69) is 16.1 Å². The van der Waals surface area contributed by atoms with Gasteiger partial charge in [-0.05, 0) is 44.3 Å². The number of carbonyl (C=O) groups excluding carboxylic acids is 1. The van der Waals surface area contributed by atoms with Crippen molar-refractivity contribution >= 4 is 5.91 Å². The van der Waals surface area contributed by atoms with Crippen molar-refractivity contribution in [2.24, 2.45) is 18.7 Å². The van der Waals surface area contributed by atoms with Crippen LogP contribution < -0.4 is 5.73 Å². The van der Waals surface area contributed by atoms with E-state index in [9.17, 15) is 4.79 Å². The summed E-state index contributed by atoms with van der Waals surface area (Å²) in [6, 6.07) is 2.08. The van der Waals surface area contributed by atoms with Gasteiger partial charge in [-0.3, -0.25) is 9.48 Å². The number of aromatic nitrogens is 2. The van der Waals surface area contributed by atoms with Crippen molar-refractivity contribution < 1.29 is 4.79 Å². The Kier molecular flexibility index (Phi) is 4.96. The number of nitrogens with two attached hydrogens (primary N) is 1. The molecule has 0 radical (unpaired) electrons. The van der Waals surface area contributed by atoms with Crippen LogP contribution in [0.1, 0.15) is 31.4 Å². The number of hydrogen-bond acceptors (Lipinski definition) is 3. The van der Waals surface area contributed by atoms with Gasteiger partial charge >= 0.3 is 0 Å².